The van der Waals surface area contributed by atoms with E-state index >= 15 is 0 Å². The number of halogens is 1. The van der Waals surface area contributed by atoms with E-state index in [-0.39, 0.29) is 17.7 Å². The summed E-state index contributed by atoms with van der Waals surface area (Å²) in [5.41, 5.74) is 0.0657. The average Bonchev–Trinajstić information content (AvgIpc) is 2.36. The van der Waals surface area contributed by atoms with Crippen LogP contribution in [0.3, 0.4) is 0 Å². The van der Waals surface area contributed by atoms with Crippen LogP contribution in [-0.2, 0) is 14.8 Å². The van der Waals surface area contributed by atoms with Crippen molar-refractivity contribution < 1.29 is 22.3 Å². The zero-order valence-corrected chi connectivity index (χ0v) is 12.1. The number of hydrogen-bond acceptors (Lipinski definition) is 4. The highest BCUT2D eigenvalue weighted by Crippen LogP contribution is 2.19. The van der Waals surface area contributed by atoms with Crippen LogP contribution in [0, 0.1) is 12.7 Å². The molecule has 0 saturated heterocycles. The number of aryl methyl sites for hydroxylation is 1. The third kappa shape index (κ3) is 4.26. The first-order valence-corrected chi connectivity index (χ1v) is 7.51. The lowest BCUT2D eigenvalue weighted by atomic mass is 10.1. The monoisotopic (exact) mass is 304 g/mol. The molecule has 0 aliphatic rings. The fraction of sp³-hybridized carbons (Fsp3) is 0.417. The van der Waals surface area contributed by atoms with Crippen molar-refractivity contribution in [3.05, 3.63) is 29.1 Å². The zero-order chi connectivity index (χ0) is 15.3. The Labute approximate surface area is 117 Å². The van der Waals surface area contributed by atoms with Crippen molar-refractivity contribution in [2.24, 2.45) is 5.14 Å². The van der Waals surface area contributed by atoms with Gasteiger partial charge in [-0.05, 0) is 31.5 Å². The zero-order valence-electron chi connectivity index (χ0n) is 11.3. The Morgan fingerprint density at radius 2 is 2.10 bits per heavy atom. The van der Waals surface area contributed by atoms with Gasteiger partial charge < -0.3 is 10.1 Å². The number of ether oxygens (including phenoxy) is 1. The van der Waals surface area contributed by atoms with E-state index in [4.69, 9.17) is 9.88 Å². The third-order valence-electron chi connectivity index (χ3n) is 2.53. The smallest absolute Gasteiger partial charge is 0.251 e. The van der Waals surface area contributed by atoms with Crippen molar-refractivity contribution in [3.63, 3.8) is 0 Å². The molecule has 1 rings (SSSR count). The molecule has 0 spiro atoms. The van der Waals surface area contributed by atoms with E-state index < -0.39 is 26.6 Å². The van der Waals surface area contributed by atoms with E-state index in [1.54, 1.807) is 0 Å². The van der Waals surface area contributed by atoms with Gasteiger partial charge in [0.05, 0.1) is 6.61 Å². The summed E-state index contributed by atoms with van der Waals surface area (Å²) in [5.74, 6) is -1.46. The molecule has 1 aromatic carbocycles. The first-order valence-electron chi connectivity index (χ1n) is 5.96. The molecule has 8 heteroatoms. The summed E-state index contributed by atoms with van der Waals surface area (Å²) >= 11 is 0. The summed E-state index contributed by atoms with van der Waals surface area (Å²) in [5, 5.41) is 7.45. The number of rotatable bonds is 6. The molecule has 0 heterocycles. The summed E-state index contributed by atoms with van der Waals surface area (Å²) in [6.45, 7) is 4.32. The van der Waals surface area contributed by atoms with E-state index in [9.17, 15) is 17.6 Å². The summed E-state index contributed by atoms with van der Waals surface area (Å²) in [6, 6.07) is 2.19. The van der Waals surface area contributed by atoms with Crippen LogP contribution in [0.1, 0.15) is 22.8 Å². The van der Waals surface area contributed by atoms with Gasteiger partial charge in [-0.25, -0.2) is 17.9 Å². The molecular formula is C12H17FN2O4S. The highest BCUT2D eigenvalue weighted by atomic mass is 32.2. The fourth-order valence-corrected chi connectivity index (χ4v) is 2.26. The number of nitrogens with two attached hydrogens (primary N) is 1. The van der Waals surface area contributed by atoms with Gasteiger partial charge in [-0.3, -0.25) is 4.79 Å². The molecular weight excluding hydrogens is 287 g/mol. The van der Waals surface area contributed by atoms with Crippen LogP contribution >= 0.6 is 0 Å². The van der Waals surface area contributed by atoms with Crippen LogP contribution in [0.2, 0.25) is 0 Å². The van der Waals surface area contributed by atoms with Gasteiger partial charge in [0.2, 0.25) is 10.0 Å². The molecule has 3 N–H and O–H groups in total. The Morgan fingerprint density at radius 3 is 2.65 bits per heavy atom. The second-order valence-electron chi connectivity index (χ2n) is 4.10. The molecule has 1 aromatic rings. The maximum atomic E-state index is 13.7. The largest absolute Gasteiger partial charge is 0.380 e. The molecule has 0 aromatic heterocycles. The maximum Gasteiger partial charge on any atom is 0.251 e. The third-order valence-corrected chi connectivity index (χ3v) is 3.44. The molecule has 0 saturated carbocycles. The van der Waals surface area contributed by atoms with Gasteiger partial charge >= 0.3 is 0 Å². The lowest BCUT2D eigenvalue weighted by molar-refractivity contribution is 0.0922. The molecule has 0 unspecified atom stereocenters. The normalized spacial score (nSPS) is 11.4. The second-order valence-corrected chi connectivity index (χ2v) is 5.63. The Hall–Kier alpha value is -1.51. The van der Waals surface area contributed by atoms with E-state index in [1.165, 1.54) is 13.0 Å². The SMILES string of the molecule is CCOCCNC(=O)c1cc(C)c(F)c(S(N)(=O)=O)c1. The highest BCUT2D eigenvalue weighted by molar-refractivity contribution is 7.89. The predicted octanol–water partition coefficient (Wildman–Crippen LogP) is 0.548. The van der Waals surface area contributed by atoms with E-state index in [0.717, 1.165) is 6.07 Å². The fourth-order valence-electron chi connectivity index (χ4n) is 1.56. The summed E-state index contributed by atoms with van der Waals surface area (Å²) < 4.78 is 41.3. The van der Waals surface area contributed by atoms with Gasteiger partial charge in [0, 0.05) is 18.7 Å². The van der Waals surface area contributed by atoms with Gasteiger partial charge in [0.15, 0.2) is 0 Å². The van der Waals surface area contributed by atoms with Crippen LogP contribution in [0.5, 0.6) is 0 Å². The molecule has 6 nitrogen and oxygen atoms in total. The Morgan fingerprint density at radius 1 is 1.45 bits per heavy atom. The molecule has 0 radical (unpaired) electrons. The minimum atomic E-state index is -4.22. The van der Waals surface area contributed by atoms with Gasteiger partial charge in [-0.15, -0.1) is 0 Å². The number of carbonyl (C=O) groups excluding carboxylic acids is 1. The predicted molar refractivity (Wildman–Crippen MR) is 71.3 cm³/mol. The van der Waals surface area contributed by atoms with Crippen molar-refractivity contribution in [1.29, 1.82) is 0 Å². The molecule has 0 bridgehead atoms. The lowest BCUT2D eigenvalue weighted by Crippen LogP contribution is -2.28. The van der Waals surface area contributed by atoms with Crippen LogP contribution in [0.15, 0.2) is 17.0 Å². The van der Waals surface area contributed by atoms with Crippen LogP contribution < -0.4 is 10.5 Å². The maximum absolute atomic E-state index is 13.7. The summed E-state index contributed by atoms with van der Waals surface area (Å²) in [6.07, 6.45) is 0. The molecule has 20 heavy (non-hydrogen) atoms. The van der Waals surface area contributed by atoms with Crippen molar-refractivity contribution in [2.45, 2.75) is 18.7 Å². The van der Waals surface area contributed by atoms with Crippen LogP contribution in [0.25, 0.3) is 0 Å². The molecule has 1 amide bonds. The minimum absolute atomic E-state index is 0.0319. The number of primary sulfonamides is 1. The van der Waals surface area contributed by atoms with Gasteiger partial charge in [0.1, 0.15) is 10.7 Å². The number of nitrogens with one attached hydrogen (secondary N) is 1. The highest BCUT2D eigenvalue weighted by Gasteiger charge is 2.19. The Kier molecular flexibility index (Phi) is 5.61. The first kappa shape index (κ1) is 16.5. The first-order chi connectivity index (χ1) is 9.27. The Bertz CT molecular complexity index is 602. The van der Waals surface area contributed by atoms with Crippen molar-refractivity contribution in [2.75, 3.05) is 19.8 Å². The average molecular weight is 304 g/mol. The minimum Gasteiger partial charge on any atom is -0.380 e. The lowest BCUT2D eigenvalue weighted by Gasteiger charge is -2.09. The van der Waals surface area contributed by atoms with Crippen molar-refractivity contribution >= 4 is 15.9 Å². The number of hydrogen-bond donors (Lipinski definition) is 2. The Balaban J connectivity index is 2.97. The number of carbonyl (C=O) groups is 1. The number of benzene rings is 1. The summed E-state index contributed by atoms with van der Waals surface area (Å²) in [7, 11) is -4.22. The standard InChI is InChI=1S/C12H17FN2O4S/c1-3-19-5-4-15-12(16)9-6-8(2)11(13)10(7-9)20(14,17)18/h6-7H,3-5H2,1-2H3,(H,15,16)(H2,14,17,18). The second kappa shape index (κ2) is 6.78. The van der Waals surface area contributed by atoms with Crippen LogP contribution in [-0.4, -0.2) is 34.1 Å². The number of amides is 1. The van der Waals surface area contributed by atoms with Crippen molar-refractivity contribution in [3.8, 4) is 0 Å². The summed E-state index contributed by atoms with van der Waals surface area (Å²) in [4.78, 5) is 11.1. The number of sulfonamides is 1. The molecule has 0 fully saturated rings. The van der Waals surface area contributed by atoms with Crippen molar-refractivity contribution in [1.82, 2.24) is 5.32 Å². The van der Waals surface area contributed by atoms with E-state index in [1.807, 2.05) is 6.92 Å². The van der Waals surface area contributed by atoms with Gasteiger partial charge in [0.25, 0.3) is 5.91 Å². The van der Waals surface area contributed by atoms with Gasteiger partial charge in [-0.2, -0.15) is 0 Å². The quantitative estimate of drug-likeness (QED) is 0.750. The van der Waals surface area contributed by atoms with E-state index in [0.29, 0.717) is 13.2 Å². The topological polar surface area (TPSA) is 98.5 Å². The molecule has 0 aliphatic carbocycles. The van der Waals surface area contributed by atoms with E-state index in [2.05, 4.69) is 5.32 Å². The molecule has 0 aliphatic heterocycles. The molecule has 0 atom stereocenters. The molecule has 112 valence electrons. The van der Waals surface area contributed by atoms with Crippen LogP contribution in [0.4, 0.5) is 4.39 Å². The van der Waals surface area contributed by atoms with Gasteiger partial charge in [-0.1, -0.05) is 0 Å².